The van der Waals surface area contributed by atoms with E-state index in [0.717, 1.165) is 0 Å². The molecule has 0 bridgehead atoms. The van der Waals surface area contributed by atoms with Gasteiger partial charge in [0.05, 0.1) is 7.11 Å². The number of para-hydroxylation sites is 2. The predicted molar refractivity (Wildman–Crippen MR) is 69.5 cm³/mol. The van der Waals surface area contributed by atoms with Gasteiger partial charge in [-0.1, -0.05) is 30.7 Å². The normalized spacial score (nSPS) is 10.2. The van der Waals surface area contributed by atoms with Crippen LogP contribution in [0.1, 0.15) is 12.7 Å². The molecule has 0 saturated carbocycles. The molecular weight excluding hydrogens is 252 g/mol. The van der Waals surface area contributed by atoms with Crippen molar-refractivity contribution in [2.75, 3.05) is 7.11 Å². The topological polar surface area (TPSA) is 44.2 Å². The fourth-order valence-electron chi connectivity index (χ4n) is 1.47. The molecule has 0 aliphatic rings. The van der Waals surface area contributed by atoms with Crippen molar-refractivity contribution in [2.24, 2.45) is 0 Å². The summed E-state index contributed by atoms with van der Waals surface area (Å²) in [7, 11) is 1.59. The highest BCUT2D eigenvalue weighted by molar-refractivity contribution is 6.29. The molecule has 0 N–H and O–H groups in total. The van der Waals surface area contributed by atoms with Gasteiger partial charge in [0.25, 0.3) is 0 Å². The number of rotatable bonds is 4. The molecule has 5 heteroatoms. The molecule has 1 heterocycles. The van der Waals surface area contributed by atoms with E-state index in [1.165, 1.54) is 0 Å². The molecule has 1 aromatic carbocycles. The minimum absolute atomic E-state index is 0.367. The third kappa shape index (κ3) is 2.90. The van der Waals surface area contributed by atoms with Crippen LogP contribution in [0, 0.1) is 0 Å². The smallest absolute Gasteiger partial charge is 0.224 e. The van der Waals surface area contributed by atoms with E-state index in [1.54, 1.807) is 19.2 Å². The van der Waals surface area contributed by atoms with Crippen molar-refractivity contribution in [3.8, 4) is 17.4 Å². The Morgan fingerprint density at radius 1 is 1.17 bits per heavy atom. The van der Waals surface area contributed by atoms with E-state index in [1.807, 2.05) is 25.1 Å². The maximum atomic E-state index is 5.91. The fraction of sp³-hybridized carbons (Fsp3) is 0.231. The molecule has 0 aliphatic heterocycles. The number of aromatic nitrogens is 2. The van der Waals surface area contributed by atoms with Gasteiger partial charge in [-0.3, -0.25) is 0 Å². The van der Waals surface area contributed by atoms with Crippen molar-refractivity contribution in [1.82, 2.24) is 9.97 Å². The first kappa shape index (κ1) is 12.6. The van der Waals surface area contributed by atoms with Crippen molar-refractivity contribution in [2.45, 2.75) is 13.3 Å². The van der Waals surface area contributed by atoms with E-state index in [0.29, 0.717) is 34.8 Å². The average Bonchev–Trinajstić information content (AvgIpc) is 2.38. The second kappa shape index (κ2) is 5.69. The summed E-state index contributed by atoms with van der Waals surface area (Å²) >= 11 is 5.91. The van der Waals surface area contributed by atoms with Gasteiger partial charge in [-0.25, -0.2) is 4.98 Å². The minimum atomic E-state index is 0.367. The highest BCUT2D eigenvalue weighted by atomic mass is 35.5. The number of ether oxygens (including phenoxy) is 2. The Morgan fingerprint density at radius 3 is 2.56 bits per heavy atom. The van der Waals surface area contributed by atoms with Crippen LogP contribution in [0.3, 0.4) is 0 Å². The Hall–Kier alpha value is -1.81. The molecule has 0 saturated heterocycles. The Labute approximate surface area is 111 Å². The molecule has 94 valence electrons. The number of hydrogen-bond donors (Lipinski definition) is 0. The monoisotopic (exact) mass is 264 g/mol. The first-order chi connectivity index (χ1) is 8.72. The van der Waals surface area contributed by atoms with Crippen LogP contribution in [0.5, 0.6) is 17.4 Å². The molecular formula is C13H13ClN2O2. The molecule has 2 rings (SSSR count). The van der Waals surface area contributed by atoms with Crippen LogP contribution in [-0.2, 0) is 6.42 Å². The summed E-state index contributed by atoms with van der Waals surface area (Å²) in [6, 6.07) is 8.93. The quantitative estimate of drug-likeness (QED) is 0.793. The Kier molecular flexibility index (Phi) is 3.99. The number of halogens is 1. The first-order valence-electron chi connectivity index (χ1n) is 5.57. The lowest BCUT2D eigenvalue weighted by molar-refractivity contribution is 0.373. The second-order valence-electron chi connectivity index (χ2n) is 3.55. The van der Waals surface area contributed by atoms with Crippen LogP contribution in [-0.4, -0.2) is 17.1 Å². The third-order valence-electron chi connectivity index (χ3n) is 2.32. The van der Waals surface area contributed by atoms with Gasteiger partial charge < -0.3 is 9.47 Å². The summed E-state index contributed by atoms with van der Waals surface area (Å²) < 4.78 is 10.9. The molecule has 2 aromatic rings. The summed E-state index contributed by atoms with van der Waals surface area (Å²) in [6.07, 6.45) is 0.697. The highest BCUT2D eigenvalue weighted by Gasteiger charge is 2.07. The van der Waals surface area contributed by atoms with Crippen molar-refractivity contribution in [1.29, 1.82) is 0 Å². The number of aryl methyl sites for hydroxylation is 1. The van der Waals surface area contributed by atoms with Gasteiger partial charge in [-0.15, -0.1) is 0 Å². The van der Waals surface area contributed by atoms with Crippen LogP contribution < -0.4 is 9.47 Å². The van der Waals surface area contributed by atoms with Gasteiger partial charge in [0.2, 0.25) is 5.88 Å². The zero-order valence-electron chi connectivity index (χ0n) is 10.2. The van der Waals surface area contributed by atoms with E-state index in [9.17, 15) is 0 Å². The summed E-state index contributed by atoms with van der Waals surface area (Å²) in [5, 5.41) is 0.367. The van der Waals surface area contributed by atoms with Crippen molar-refractivity contribution >= 4 is 11.6 Å². The van der Waals surface area contributed by atoms with Gasteiger partial charge in [-0.05, 0) is 12.1 Å². The van der Waals surface area contributed by atoms with Crippen molar-refractivity contribution in [3.05, 3.63) is 41.3 Å². The standard InChI is InChI=1S/C13H13ClN2O2/c1-3-12-15-11(14)8-13(16-12)18-10-7-5-4-6-9(10)17-2/h4-8H,3H2,1-2H3. The maximum Gasteiger partial charge on any atom is 0.224 e. The molecule has 0 atom stereocenters. The van der Waals surface area contributed by atoms with Crippen LogP contribution in [0.2, 0.25) is 5.15 Å². The summed E-state index contributed by atoms with van der Waals surface area (Å²) in [5.41, 5.74) is 0. The Morgan fingerprint density at radius 2 is 1.89 bits per heavy atom. The number of hydrogen-bond acceptors (Lipinski definition) is 4. The van der Waals surface area contributed by atoms with Crippen LogP contribution >= 0.6 is 11.6 Å². The molecule has 0 amide bonds. The molecule has 18 heavy (non-hydrogen) atoms. The molecule has 0 aliphatic carbocycles. The fourth-order valence-corrected chi connectivity index (χ4v) is 1.66. The minimum Gasteiger partial charge on any atom is -0.493 e. The van der Waals surface area contributed by atoms with Gasteiger partial charge in [-0.2, -0.15) is 4.98 Å². The molecule has 0 unspecified atom stereocenters. The van der Waals surface area contributed by atoms with Crippen LogP contribution in [0.15, 0.2) is 30.3 Å². The molecule has 1 aromatic heterocycles. The largest absolute Gasteiger partial charge is 0.493 e. The van der Waals surface area contributed by atoms with E-state index < -0.39 is 0 Å². The predicted octanol–water partition coefficient (Wildman–Crippen LogP) is 3.49. The SMILES string of the molecule is CCc1nc(Cl)cc(Oc2ccccc2OC)n1. The Bertz CT molecular complexity index is 546. The average molecular weight is 265 g/mol. The summed E-state index contributed by atoms with van der Waals surface area (Å²) in [4.78, 5) is 8.33. The number of benzene rings is 1. The first-order valence-corrected chi connectivity index (χ1v) is 5.95. The van der Waals surface area contributed by atoms with E-state index in [2.05, 4.69) is 9.97 Å². The van der Waals surface area contributed by atoms with E-state index in [-0.39, 0.29) is 0 Å². The van der Waals surface area contributed by atoms with Crippen LogP contribution in [0.25, 0.3) is 0 Å². The lowest BCUT2D eigenvalue weighted by Gasteiger charge is -2.09. The number of nitrogens with zero attached hydrogens (tertiary/aromatic N) is 2. The maximum absolute atomic E-state index is 5.91. The van der Waals surface area contributed by atoms with E-state index in [4.69, 9.17) is 21.1 Å². The van der Waals surface area contributed by atoms with Crippen molar-refractivity contribution < 1.29 is 9.47 Å². The Balaban J connectivity index is 2.30. The zero-order chi connectivity index (χ0) is 13.0. The summed E-state index contributed by atoms with van der Waals surface area (Å²) in [5.74, 6) is 2.30. The lowest BCUT2D eigenvalue weighted by Crippen LogP contribution is -1.97. The second-order valence-corrected chi connectivity index (χ2v) is 3.94. The third-order valence-corrected chi connectivity index (χ3v) is 2.51. The molecule has 4 nitrogen and oxygen atoms in total. The van der Waals surface area contributed by atoms with E-state index >= 15 is 0 Å². The number of methoxy groups -OCH3 is 1. The van der Waals surface area contributed by atoms with Gasteiger partial charge >= 0.3 is 0 Å². The van der Waals surface area contributed by atoms with Gasteiger partial charge in [0.1, 0.15) is 11.0 Å². The van der Waals surface area contributed by atoms with Gasteiger partial charge in [0, 0.05) is 12.5 Å². The zero-order valence-corrected chi connectivity index (χ0v) is 10.9. The van der Waals surface area contributed by atoms with Crippen LogP contribution in [0.4, 0.5) is 0 Å². The molecule has 0 radical (unpaired) electrons. The highest BCUT2D eigenvalue weighted by Crippen LogP contribution is 2.30. The molecule has 0 fully saturated rings. The molecule has 0 spiro atoms. The van der Waals surface area contributed by atoms with Crippen molar-refractivity contribution in [3.63, 3.8) is 0 Å². The summed E-state index contributed by atoms with van der Waals surface area (Å²) in [6.45, 7) is 1.96. The lowest BCUT2D eigenvalue weighted by atomic mass is 10.3. The van der Waals surface area contributed by atoms with Gasteiger partial charge in [0.15, 0.2) is 11.5 Å².